The first-order valence-electron chi connectivity index (χ1n) is 5.50. The minimum absolute atomic E-state index is 0.197. The van der Waals surface area contributed by atoms with Crippen LogP contribution >= 0.6 is 11.6 Å². The maximum Gasteiger partial charge on any atom is 0.232 e. The molecule has 0 aliphatic carbocycles. The number of hydrogen-bond donors (Lipinski definition) is 0. The smallest absolute Gasteiger partial charge is 0.232 e. The van der Waals surface area contributed by atoms with Crippen LogP contribution in [-0.2, 0) is 10.6 Å². The third-order valence-corrected chi connectivity index (χ3v) is 2.78. The maximum absolute atomic E-state index is 5.61. The van der Waals surface area contributed by atoms with Gasteiger partial charge in [-0.2, -0.15) is 0 Å². The number of rotatable bonds is 4. The normalized spacial score (nSPS) is 20.7. The minimum atomic E-state index is 0.197. The molecule has 1 aliphatic rings. The maximum atomic E-state index is 5.61. The lowest BCUT2D eigenvalue weighted by molar-refractivity contribution is -0.0120. The van der Waals surface area contributed by atoms with Gasteiger partial charge < -0.3 is 9.47 Å². The molecule has 88 valence electrons. The first-order chi connectivity index (χ1) is 7.88. The van der Waals surface area contributed by atoms with Gasteiger partial charge in [-0.1, -0.05) is 0 Å². The zero-order chi connectivity index (χ0) is 11.2. The van der Waals surface area contributed by atoms with Crippen LogP contribution in [0.2, 0.25) is 0 Å². The number of alkyl halides is 1. The Morgan fingerprint density at radius 2 is 2.31 bits per heavy atom. The Morgan fingerprint density at radius 1 is 1.38 bits per heavy atom. The third-order valence-electron chi connectivity index (χ3n) is 2.51. The predicted octanol–water partition coefficient (Wildman–Crippen LogP) is 2.16. The van der Waals surface area contributed by atoms with Crippen molar-refractivity contribution < 1.29 is 9.47 Å². The molecule has 1 saturated heterocycles. The average Bonchev–Trinajstić information content (AvgIpc) is 2.38. The van der Waals surface area contributed by atoms with Gasteiger partial charge in [0.15, 0.2) is 0 Å². The van der Waals surface area contributed by atoms with Crippen molar-refractivity contribution in [3.63, 3.8) is 0 Å². The summed E-state index contributed by atoms with van der Waals surface area (Å²) >= 11 is 5.61. The quantitative estimate of drug-likeness (QED) is 0.759. The van der Waals surface area contributed by atoms with Crippen LogP contribution in [0.25, 0.3) is 0 Å². The van der Waals surface area contributed by atoms with Crippen LogP contribution in [0.15, 0.2) is 12.4 Å². The van der Waals surface area contributed by atoms with E-state index in [0.29, 0.717) is 18.4 Å². The summed E-state index contributed by atoms with van der Waals surface area (Å²) in [6, 6.07) is 0. The molecule has 1 fully saturated rings. The Balaban J connectivity index is 1.79. The molecule has 4 nitrogen and oxygen atoms in total. The van der Waals surface area contributed by atoms with E-state index in [0.717, 1.165) is 25.1 Å². The number of aromatic nitrogens is 2. The molecule has 1 aromatic rings. The van der Waals surface area contributed by atoms with E-state index < -0.39 is 0 Å². The van der Waals surface area contributed by atoms with Crippen molar-refractivity contribution in [3.8, 4) is 5.88 Å². The summed E-state index contributed by atoms with van der Waals surface area (Å²) in [7, 11) is 0. The molecule has 0 saturated carbocycles. The number of halogens is 1. The summed E-state index contributed by atoms with van der Waals surface area (Å²) in [5.41, 5.74) is 0.753. The molecule has 0 aromatic carbocycles. The fourth-order valence-electron chi connectivity index (χ4n) is 1.60. The van der Waals surface area contributed by atoms with E-state index in [9.17, 15) is 0 Å². The Morgan fingerprint density at radius 3 is 2.94 bits per heavy atom. The Labute approximate surface area is 99.9 Å². The molecular weight excluding hydrogens is 228 g/mol. The van der Waals surface area contributed by atoms with Gasteiger partial charge in [0.05, 0.1) is 30.1 Å². The first kappa shape index (κ1) is 11.6. The van der Waals surface area contributed by atoms with Gasteiger partial charge in [0, 0.05) is 6.61 Å². The van der Waals surface area contributed by atoms with E-state index in [1.165, 1.54) is 6.42 Å². The van der Waals surface area contributed by atoms with Crippen molar-refractivity contribution in [2.45, 2.75) is 31.2 Å². The summed E-state index contributed by atoms with van der Waals surface area (Å²) in [6.45, 7) is 1.39. The number of hydrogen-bond acceptors (Lipinski definition) is 4. The summed E-state index contributed by atoms with van der Waals surface area (Å²) in [5.74, 6) is 0.905. The molecule has 0 N–H and O–H groups in total. The van der Waals surface area contributed by atoms with Gasteiger partial charge in [-0.25, -0.2) is 4.98 Å². The van der Waals surface area contributed by atoms with E-state index in [1.54, 1.807) is 12.4 Å². The Hall–Kier alpha value is -0.870. The van der Waals surface area contributed by atoms with Gasteiger partial charge in [0.25, 0.3) is 0 Å². The van der Waals surface area contributed by atoms with Crippen LogP contribution < -0.4 is 4.74 Å². The first-order valence-corrected chi connectivity index (χ1v) is 6.03. The minimum Gasteiger partial charge on any atom is -0.474 e. The molecule has 16 heavy (non-hydrogen) atoms. The van der Waals surface area contributed by atoms with E-state index in [4.69, 9.17) is 21.1 Å². The molecule has 0 amide bonds. The van der Waals surface area contributed by atoms with Crippen LogP contribution in [-0.4, -0.2) is 29.3 Å². The highest BCUT2D eigenvalue weighted by Gasteiger charge is 2.14. The van der Waals surface area contributed by atoms with Crippen molar-refractivity contribution in [3.05, 3.63) is 18.1 Å². The summed E-state index contributed by atoms with van der Waals surface area (Å²) in [4.78, 5) is 8.21. The van der Waals surface area contributed by atoms with Crippen molar-refractivity contribution >= 4 is 11.6 Å². The molecule has 0 spiro atoms. The Bertz CT molecular complexity index is 312. The predicted molar refractivity (Wildman–Crippen MR) is 60.7 cm³/mol. The van der Waals surface area contributed by atoms with Crippen LogP contribution in [0.3, 0.4) is 0 Å². The highest BCUT2D eigenvalue weighted by Crippen LogP contribution is 2.14. The molecule has 5 heteroatoms. The van der Waals surface area contributed by atoms with Gasteiger partial charge in [-0.05, 0) is 19.3 Å². The number of ether oxygens (including phenoxy) is 2. The van der Waals surface area contributed by atoms with Crippen molar-refractivity contribution in [2.24, 2.45) is 0 Å². The van der Waals surface area contributed by atoms with E-state index in [1.807, 2.05) is 0 Å². The molecule has 0 radical (unpaired) electrons. The van der Waals surface area contributed by atoms with E-state index in [-0.39, 0.29) is 6.10 Å². The summed E-state index contributed by atoms with van der Waals surface area (Å²) in [5, 5.41) is 0. The summed E-state index contributed by atoms with van der Waals surface area (Å²) < 4.78 is 11.1. The lowest BCUT2D eigenvalue weighted by atomic mass is 10.1. The summed E-state index contributed by atoms with van der Waals surface area (Å²) in [6.07, 6.45) is 6.85. The topological polar surface area (TPSA) is 44.2 Å². The second-order valence-electron chi connectivity index (χ2n) is 3.78. The average molecular weight is 243 g/mol. The molecular formula is C11H15ClN2O2. The van der Waals surface area contributed by atoms with Gasteiger partial charge in [0.1, 0.15) is 6.61 Å². The van der Waals surface area contributed by atoms with Crippen LogP contribution in [0.1, 0.15) is 25.0 Å². The largest absolute Gasteiger partial charge is 0.474 e. The van der Waals surface area contributed by atoms with Crippen LogP contribution in [0.5, 0.6) is 5.88 Å². The molecule has 1 atom stereocenters. The van der Waals surface area contributed by atoms with Gasteiger partial charge in [-0.3, -0.25) is 4.98 Å². The number of nitrogens with zero attached hydrogens (tertiary/aromatic N) is 2. The molecule has 2 heterocycles. The Kier molecular flexibility index (Phi) is 4.36. The van der Waals surface area contributed by atoms with Gasteiger partial charge in [0.2, 0.25) is 5.88 Å². The monoisotopic (exact) mass is 242 g/mol. The highest BCUT2D eigenvalue weighted by atomic mass is 35.5. The van der Waals surface area contributed by atoms with Crippen molar-refractivity contribution in [1.29, 1.82) is 0 Å². The van der Waals surface area contributed by atoms with Crippen molar-refractivity contribution in [1.82, 2.24) is 9.97 Å². The lowest BCUT2D eigenvalue weighted by Gasteiger charge is -2.22. The zero-order valence-corrected chi connectivity index (χ0v) is 9.82. The van der Waals surface area contributed by atoms with Crippen LogP contribution in [0, 0.1) is 0 Å². The second-order valence-corrected chi connectivity index (χ2v) is 4.05. The third kappa shape index (κ3) is 3.32. The van der Waals surface area contributed by atoms with E-state index >= 15 is 0 Å². The van der Waals surface area contributed by atoms with Crippen molar-refractivity contribution in [2.75, 3.05) is 13.2 Å². The molecule has 0 bridgehead atoms. The fraction of sp³-hybridized carbons (Fsp3) is 0.636. The van der Waals surface area contributed by atoms with Gasteiger partial charge in [-0.15, -0.1) is 11.6 Å². The molecule has 2 rings (SSSR count). The standard InChI is InChI=1S/C11H15ClN2O2/c12-5-9-6-14-11(7-13-9)16-8-10-3-1-2-4-15-10/h6-7,10H,1-5,8H2. The van der Waals surface area contributed by atoms with E-state index in [2.05, 4.69) is 9.97 Å². The zero-order valence-electron chi connectivity index (χ0n) is 9.06. The molecule has 1 unspecified atom stereocenters. The molecule has 1 aromatic heterocycles. The highest BCUT2D eigenvalue weighted by molar-refractivity contribution is 6.16. The SMILES string of the molecule is ClCc1cnc(OCC2CCCCO2)cn1. The second kappa shape index (κ2) is 6.01. The lowest BCUT2D eigenvalue weighted by Crippen LogP contribution is -2.26. The molecule has 1 aliphatic heterocycles. The fourth-order valence-corrected chi connectivity index (χ4v) is 1.74. The van der Waals surface area contributed by atoms with Gasteiger partial charge >= 0.3 is 0 Å². The van der Waals surface area contributed by atoms with Crippen LogP contribution in [0.4, 0.5) is 0 Å².